The molecule has 1 aromatic carbocycles. The number of pyridine rings is 1. The van der Waals surface area contributed by atoms with Crippen LogP contribution in [0, 0.1) is 6.92 Å². The third-order valence-electron chi connectivity index (χ3n) is 4.84. The number of aryl methyl sites for hydroxylation is 2. The SMILES string of the molecule is COc1cc(C)cc(C2CCCc3nc(-c4ccccn4)oc3C2)c1. The summed E-state index contributed by atoms with van der Waals surface area (Å²) < 4.78 is 11.6. The number of hydrogen-bond donors (Lipinski definition) is 0. The van der Waals surface area contributed by atoms with Gasteiger partial charge in [0.25, 0.3) is 0 Å². The molecular formula is C21H22N2O2. The van der Waals surface area contributed by atoms with Crippen LogP contribution >= 0.6 is 0 Å². The highest BCUT2D eigenvalue weighted by Gasteiger charge is 2.24. The Balaban J connectivity index is 1.65. The molecule has 0 radical (unpaired) electrons. The quantitative estimate of drug-likeness (QED) is 0.651. The van der Waals surface area contributed by atoms with Gasteiger partial charge >= 0.3 is 0 Å². The highest BCUT2D eigenvalue weighted by Crippen LogP contribution is 2.35. The van der Waals surface area contributed by atoms with E-state index in [-0.39, 0.29) is 0 Å². The molecule has 4 rings (SSSR count). The highest BCUT2D eigenvalue weighted by atomic mass is 16.5. The fraction of sp³-hybridized carbons (Fsp3) is 0.333. The zero-order valence-electron chi connectivity index (χ0n) is 14.7. The molecule has 0 amide bonds. The largest absolute Gasteiger partial charge is 0.497 e. The molecule has 0 saturated heterocycles. The molecule has 0 aliphatic heterocycles. The molecule has 4 nitrogen and oxygen atoms in total. The predicted octanol–water partition coefficient (Wildman–Crippen LogP) is 4.72. The molecule has 0 bridgehead atoms. The molecule has 2 heterocycles. The first-order chi connectivity index (χ1) is 12.2. The number of fused-ring (bicyclic) bond motifs is 1. The number of oxazole rings is 1. The van der Waals surface area contributed by atoms with Crippen LogP contribution in [0.4, 0.5) is 0 Å². The molecule has 25 heavy (non-hydrogen) atoms. The Hall–Kier alpha value is -2.62. The van der Waals surface area contributed by atoms with Crippen molar-refractivity contribution in [2.75, 3.05) is 7.11 Å². The smallest absolute Gasteiger partial charge is 0.245 e. The fourth-order valence-electron chi connectivity index (χ4n) is 3.59. The van der Waals surface area contributed by atoms with Gasteiger partial charge in [-0.2, -0.15) is 0 Å². The maximum atomic E-state index is 6.11. The molecule has 0 saturated carbocycles. The Morgan fingerprint density at radius 3 is 2.92 bits per heavy atom. The average molecular weight is 334 g/mol. The zero-order valence-corrected chi connectivity index (χ0v) is 14.7. The lowest BCUT2D eigenvalue weighted by molar-refractivity contribution is 0.412. The maximum Gasteiger partial charge on any atom is 0.245 e. The van der Waals surface area contributed by atoms with Gasteiger partial charge in [-0.15, -0.1) is 0 Å². The van der Waals surface area contributed by atoms with Gasteiger partial charge in [-0.3, -0.25) is 4.98 Å². The first-order valence-electron chi connectivity index (χ1n) is 8.78. The molecule has 1 unspecified atom stereocenters. The summed E-state index contributed by atoms with van der Waals surface area (Å²) in [5, 5.41) is 0. The zero-order chi connectivity index (χ0) is 17.2. The van der Waals surface area contributed by atoms with E-state index in [0.717, 1.165) is 48.6 Å². The van der Waals surface area contributed by atoms with Crippen molar-refractivity contribution in [3.05, 3.63) is 65.2 Å². The molecule has 0 spiro atoms. The summed E-state index contributed by atoms with van der Waals surface area (Å²) >= 11 is 0. The fourth-order valence-corrected chi connectivity index (χ4v) is 3.59. The van der Waals surface area contributed by atoms with E-state index in [4.69, 9.17) is 14.1 Å². The van der Waals surface area contributed by atoms with Gasteiger partial charge in [-0.05, 0) is 67.5 Å². The van der Waals surface area contributed by atoms with Crippen LogP contribution < -0.4 is 4.74 Å². The molecule has 3 aromatic rings. The second-order valence-electron chi connectivity index (χ2n) is 6.68. The lowest BCUT2D eigenvalue weighted by atomic mass is 9.90. The summed E-state index contributed by atoms with van der Waals surface area (Å²) in [6.07, 6.45) is 5.86. The van der Waals surface area contributed by atoms with Crippen LogP contribution in [0.5, 0.6) is 5.75 Å². The standard InChI is InChI=1S/C21H22N2O2/c1-14-10-16(12-17(11-14)24-2)15-6-5-8-18-20(13-15)25-21(23-18)19-7-3-4-9-22-19/h3-4,7,9-12,15H,5-6,8,13H2,1-2H3. The lowest BCUT2D eigenvalue weighted by Crippen LogP contribution is -2.02. The normalized spacial score (nSPS) is 17.0. The van der Waals surface area contributed by atoms with Gasteiger partial charge in [0, 0.05) is 12.6 Å². The first kappa shape index (κ1) is 15.9. The van der Waals surface area contributed by atoms with Crippen LogP contribution in [0.2, 0.25) is 0 Å². The number of benzene rings is 1. The summed E-state index contributed by atoms with van der Waals surface area (Å²) in [4.78, 5) is 9.06. The van der Waals surface area contributed by atoms with E-state index in [1.165, 1.54) is 11.1 Å². The Morgan fingerprint density at radius 2 is 2.12 bits per heavy atom. The van der Waals surface area contributed by atoms with Crippen LogP contribution in [0.25, 0.3) is 11.6 Å². The van der Waals surface area contributed by atoms with E-state index in [1.807, 2.05) is 18.2 Å². The molecule has 1 aliphatic carbocycles. The maximum absolute atomic E-state index is 6.11. The van der Waals surface area contributed by atoms with Crippen LogP contribution in [-0.4, -0.2) is 17.1 Å². The minimum atomic E-state index is 0.430. The molecule has 1 atom stereocenters. The molecule has 0 N–H and O–H groups in total. The molecule has 1 aliphatic rings. The number of aromatic nitrogens is 2. The minimum absolute atomic E-state index is 0.430. The summed E-state index contributed by atoms with van der Waals surface area (Å²) in [5.41, 5.74) is 4.43. The first-order valence-corrected chi connectivity index (χ1v) is 8.78. The van der Waals surface area contributed by atoms with Gasteiger partial charge in [0.1, 0.15) is 17.2 Å². The third-order valence-corrected chi connectivity index (χ3v) is 4.84. The number of methoxy groups -OCH3 is 1. The van der Waals surface area contributed by atoms with Gasteiger partial charge in [0.2, 0.25) is 5.89 Å². The minimum Gasteiger partial charge on any atom is -0.497 e. The number of ether oxygens (including phenoxy) is 1. The molecule has 0 fully saturated rings. The van der Waals surface area contributed by atoms with Crippen LogP contribution in [0.3, 0.4) is 0 Å². The third kappa shape index (κ3) is 3.29. The Kier molecular flexibility index (Phi) is 4.26. The van der Waals surface area contributed by atoms with Crippen LogP contribution in [0.15, 0.2) is 47.0 Å². The molecule has 128 valence electrons. The van der Waals surface area contributed by atoms with Crippen LogP contribution in [-0.2, 0) is 12.8 Å². The second kappa shape index (κ2) is 6.71. The summed E-state index contributed by atoms with van der Waals surface area (Å²) in [5.74, 6) is 2.99. The van der Waals surface area contributed by atoms with Crippen molar-refractivity contribution >= 4 is 0 Å². The molecule has 4 heteroatoms. The van der Waals surface area contributed by atoms with Gasteiger partial charge in [0.05, 0.1) is 12.8 Å². The van der Waals surface area contributed by atoms with E-state index >= 15 is 0 Å². The Morgan fingerprint density at radius 1 is 1.20 bits per heavy atom. The monoisotopic (exact) mass is 334 g/mol. The van der Waals surface area contributed by atoms with Crippen molar-refractivity contribution in [3.63, 3.8) is 0 Å². The van der Waals surface area contributed by atoms with Crippen molar-refractivity contribution in [1.29, 1.82) is 0 Å². The summed E-state index contributed by atoms with van der Waals surface area (Å²) in [6.45, 7) is 2.11. The van der Waals surface area contributed by atoms with E-state index in [1.54, 1.807) is 13.3 Å². The van der Waals surface area contributed by atoms with Crippen molar-refractivity contribution in [2.45, 2.75) is 38.5 Å². The van der Waals surface area contributed by atoms with Crippen molar-refractivity contribution < 1.29 is 9.15 Å². The van der Waals surface area contributed by atoms with E-state index in [9.17, 15) is 0 Å². The van der Waals surface area contributed by atoms with Gasteiger partial charge in [-0.1, -0.05) is 12.1 Å². The topological polar surface area (TPSA) is 48.2 Å². The van der Waals surface area contributed by atoms with Crippen LogP contribution in [0.1, 0.15) is 41.3 Å². The van der Waals surface area contributed by atoms with Crippen molar-refractivity contribution in [2.24, 2.45) is 0 Å². The Labute approximate surface area is 147 Å². The van der Waals surface area contributed by atoms with E-state index in [2.05, 4.69) is 30.1 Å². The number of nitrogens with zero attached hydrogens (tertiary/aromatic N) is 2. The number of hydrogen-bond acceptors (Lipinski definition) is 4. The molecule has 2 aromatic heterocycles. The second-order valence-corrected chi connectivity index (χ2v) is 6.68. The summed E-state index contributed by atoms with van der Waals surface area (Å²) in [6, 6.07) is 12.3. The van der Waals surface area contributed by atoms with Crippen molar-refractivity contribution in [1.82, 2.24) is 9.97 Å². The Bertz CT molecular complexity index is 871. The van der Waals surface area contributed by atoms with Crippen molar-refractivity contribution in [3.8, 4) is 17.3 Å². The lowest BCUT2D eigenvalue weighted by Gasteiger charge is -2.16. The average Bonchev–Trinajstić information content (AvgIpc) is 2.93. The van der Waals surface area contributed by atoms with Gasteiger partial charge in [-0.25, -0.2) is 4.98 Å². The van der Waals surface area contributed by atoms with E-state index < -0.39 is 0 Å². The van der Waals surface area contributed by atoms with E-state index in [0.29, 0.717) is 11.8 Å². The predicted molar refractivity (Wildman–Crippen MR) is 96.8 cm³/mol. The highest BCUT2D eigenvalue weighted by molar-refractivity contribution is 5.47. The van der Waals surface area contributed by atoms with Gasteiger partial charge < -0.3 is 9.15 Å². The molecular weight excluding hydrogens is 312 g/mol. The van der Waals surface area contributed by atoms with Gasteiger partial charge in [0.15, 0.2) is 0 Å². The summed E-state index contributed by atoms with van der Waals surface area (Å²) in [7, 11) is 1.72. The number of rotatable bonds is 3.